The highest BCUT2D eigenvalue weighted by Crippen LogP contribution is 2.19. The van der Waals surface area contributed by atoms with E-state index in [1.165, 1.54) is 17.4 Å². The van der Waals surface area contributed by atoms with Gasteiger partial charge in [-0.25, -0.2) is 0 Å². The van der Waals surface area contributed by atoms with Gasteiger partial charge in [0.2, 0.25) is 11.8 Å². The number of thiophene rings is 1. The van der Waals surface area contributed by atoms with Gasteiger partial charge < -0.3 is 14.5 Å². The number of amides is 2. The zero-order valence-electron chi connectivity index (χ0n) is 16.3. The van der Waals surface area contributed by atoms with Gasteiger partial charge in [0, 0.05) is 38.6 Å². The van der Waals surface area contributed by atoms with Crippen molar-refractivity contribution in [3.63, 3.8) is 0 Å². The van der Waals surface area contributed by atoms with E-state index in [1.54, 1.807) is 23.3 Å². The zero-order chi connectivity index (χ0) is 19.6. The van der Waals surface area contributed by atoms with Crippen molar-refractivity contribution in [3.8, 4) is 0 Å². The average Bonchev–Trinajstić information content (AvgIpc) is 3.05. The first-order chi connectivity index (χ1) is 13.0. The van der Waals surface area contributed by atoms with Crippen molar-refractivity contribution in [2.24, 2.45) is 0 Å². The number of benzene rings is 1. The van der Waals surface area contributed by atoms with Crippen molar-refractivity contribution >= 4 is 23.2 Å². The molecule has 6 heteroatoms. The fraction of sp³-hybridized carbons (Fsp3) is 0.429. The number of hydrogen-bond acceptors (Lipinski definition) is 4. The summed E-state index contributed by atoms with van der Waals surface area (Å²) in [5.74, 6) is -0.134. The molecule has 1 heterocycles. The summed E-state index contributed by atoms with van der Waals surface area (Å²) in [7, 11) is 1.63. The predicted molar refractivity (Wildman–Crippen MR) is 108 cm³/mol. The summed E-state index contributed by atoms with van der Waals surface area (Å²) in [5.41, 5.74) is 2.27. The van der Waals surface area contributed by atoms with E-state index in [4.69, 9.17) is 4.74 Å². The van der Waals surface area contributed by atoms with E-state index >= 15 is 0 Å². The average molecular weight is 389 g/mol. The summed E-state index contributed by atoms with van der Waals surface area (Å²) >= 11 is 1.66. The molecule has 2 aromatic rings. The second kappa shape index (κ2) is 10.8. The lowest BCUT2D eigenvalue weighted by Gasteiger charge is -2.27. The summed E-state index contributed by atoms with van der Waals surface area (Å²) < 4.78 is 5.05. The molecule has 5 nitrogen and oxygen atoms in total. The van der Waals surface area contributed by atoms with Crippen LogP contribution in [0.3, 0.4) is 0 Å². The number of carbonyl (C=O) groups excluding carboxylic acids is 2. The van der Waals surface area contributed by atoms with E-state index in [1.807, 2.05) is 40.6 Å². The summed E-state index contributed by atoms with van der Waals surface area (Å²) in [4.78, 5) is 29.6. The van der Waals surface area contributed by atoms with E-state index in [0.717, 1.165) is 5.56 Å². The van der Waals surface area contributed by atoms with Gasteiger partial charge >= 0.3 is 0 Å². The second-order valence-corrected chi connectivity index (χ2v) is 7.55. The fourth-order valence-corrected chi connectivity index (χ4v) is 3.71. The Balaban J connectivity index is 2.11. The van der Waals surface area contributed by atoms with Crippen LogP contribution in [0.2, 0.25) is 0 Å². The normalized spacial score (nSPS) is 10.6. The lowest BCUT2D eigenvalue weighted by atomic mass is 10.2. The fourth-order valence-electron chi connectivity index (χ4n) is 2.79. The number of ether oxygens (including phenoxy) is 1. The zero-order valence-corrected chi connectivity index (χ0v) is 17.1. The number of nitrogens with zero attached hydrogens (tertiary/aromatic N) is 2. The van der Waals surface area contributed by atoms with E-state index in [0.29, 0.717) is 32.7 Å². The molecule has 0 atom stereocenters. The molecule has 0 aliphatic heterocycles. The van der Waals surface area contributed by atoms with Crippen molar-refractivity contribution in [2.45, 2.75) is 33.4 Å². The van der Waals surface area contributed by atoms with E-state index in [9.17, 15) is 9.59 Å². The standard InChI is InChI=1S/C21H28N2O3S/c1-17-10-13-27-20(17)15-23(14-19-8-5-4-6-9-19)21(25)16-22(18(2)24)11-7-12-26-3/h4-6,8-10,13H,7,11-12,14-16H2,1-3H3. The van der Waals surface area contributed by atoms with Crippen molar-refractivity contribution < 1.29 is 14.3 Å². The Morgan fingerprint density at radius 1 is 1.07 bits per heavy atom. The van der Waals surface area contributed by atoms with Gasteiger partial charge in [0.05, 0.1) is 13.1 Å². The van der Waals surface area contributed by atoms with Gasteiger partial charge in [-0.15, -0.1) is 11.3 Å². The molecule has 0 fully saturated rings. The van der Waals surface area contributed by atoms with Crippen molar-refractivity contribution in [1.82, 2.24) is 9.80 Å². The molecule has 0 saturated heterocycles. The Bertz CT molecular complexity index is 730. The van der Waals surface area contributed by atoms with Crippen molar-refractivity contribution in [1.29, 1.82) is 0 Å². The monoisotopic (exact) mass is 388 g/mol. The summed E-state index contributed by atoms with van der Waals surface area (Å²) in [5, 5.41) is 2.04. The number of rotatable bonds is 10. The van der Waals surface area contributed by atoms with Crippen LogP contribution in [-0.4, -0.2) is 48.4 Å². The molecule has 146 valence electrons. The van der Waals surface area contributed by atoms with Gasteiger partial charge in [0.15, 0.2) is 0 Å². The lowest BCUT2D eigenvalue weighted by Crippen LogP contribution is -2.42. The van der Waals surface area contributed by atoms with E-state index in [2.05, 4.69) is 13.0 Å². The molecule has 0 aliphatic rings. The molecule has 0 bridgehead atoms. The van der Waals surface area contributed by atoms with E-state index < -0.39 is 0 Å². The lowest BCUT2D eigenvalue weighted by molar-refractivity contribution is -0.140. The molecule has 0 unspecified atom stereocenters. The summed E-state index contributed by atoms with van der Waals surface area (Å²) in [6.07, 6.45) is 0.714. The topological polar surface area (TPSA) is 49.9 Å². The Hall–Kier alpha value is -2.18. The Morgan fingerprint density at radius 2 is 1.81 bits per heavy atom. The predicted octanol–water partition coefficient (Wildman–Crippen LogP) is 3.47. The van der Waals surface area contributed by atoms with Crippen LogP contribution >= 0.6 is 11.3 Å². The van der Waals surface area contributed by atoms with Crippen LogP contribution in [0.4, 0.5) is 0 Å². The molecule has 0 spiro atoms. The maximum atomic E-state index is 13.0. The minimum Gasteiger partial charge on any atom is -0.385 e. The van der Waals surface area contributed by atoms with Crippen LogP contribution in [0.15, 0.2) is 41.8 Å². The molecule has 1 aromatic carbocycles. The first kappa shape index (κ1) is 21.1. The largest absolute Gasteiger partial charge is 0.385 e. The highest BCUT2D eigenvalue weighted by Gasteiger charge is 2.20. The molecule has 0 radical (unpaired) electrons. The molecular formula is C21H28N2O3S. The van der Waals surface area contributed by atoms with Gasteiger partial charge in [0.1, 0.15) is 0 Å². The number of methoxy groups -OCH3 is 1. The minimum absolute atomic E-state index is 0.0423. The van der Waals surface area contributed by atoms with Gasteiger partial charge in [-0.3, -0.25) is 9.59 Å². The molecular weight excluding hydrogens is 360 g/mol. The molecule has 2 rings (SSSR count). The minimum atomic E-state index is -0.0913. The van der Waals surface area contributed by atoms with Gasteiger partial charge in [0.25, 0.3) is 0 Å². The van der Waals surface area contributed by atoms with E-state index in [-0.39, 0.29) is 18.4 Å². The van der Waals surface area contributed by atoms with Crippen LogP contribution in [-0.2, 0) is 27.4 Å². The second-order valence-electron chi connectivity index (χ2n) is 6.55. The molecule has 27 heavy (non-hydrogen) atoms. The van der Waals surface area contributed by atoms with Gasteiger partial charge in [-0.2, -0.15) is 0 Å². The Kier molecular flexibility index (Phi) is 8.48. The third-order valence-corrected chi connectivity index (χ3v) is 5.43. The molecule has 1 aromatic heterocycles. The smallest absolute Gasteiger partial charge is 0.242 e. The van der Waals surface area contributed by atoms with Gasteiger partial charge in [-0.1, -0.05) is 30.3 Å². The summed E-state index contributed by atoms with van der Waals surface area (Å²) in [6.45, 7) is 5.83. The first-order valence-electron chi connectivity index (χ1n) is 9.10. The summed E-state index contributed by atoms with van der Waals surface area (Å²) in [6, 6.07) is 12.0. The Morgan fingerprint density at radius 3 is 2.41 bits per heavy atom. The maximum Gasteiger partial charge on any atom is 0.242 e. The molecule has 0 saturated carbocycles. The molecule has 0 N–H and O–H groups in total. The first-order valence-corrected chi connectivity index (χ1v) is 9.98. The third kappa shape index (κ3) is 6.81. The van der Waals surface area contributed by atoms with Crippen molar-refractivity contribution in [3.05, 3.63) is 57.8 Å². The molecule has 2 amide bonds. The SMILES string of the molecule is COCCCN(CC(=O)N(Cc1ccccc1)Cc1sccc1C)C(C)=O. The van der Waals surface area contributed by atoms with Crippen LogP contribution in [0.5, 0.6) is 0 Å². The molecule has 0 aliphatic carbocycles. The number of hydrogen-bond donors (Lipinski definition) is 0. The highest BCUT2D eigenvalue weighted by molar-refractivity contribution is 7.10. The third-order valence-electron chi connectivity index (χ3n) is 4.42. The number of aryl methyl sites for hydroxylation is 1. The van der Waals surface area contributed by atoms with Crippen molar-refractivity contribution in [2.75, 3.05) is 26.8 Å². The van der Waals surface area contributed by atoms with Crippen LogP contribution in [0.25, 0.3) is 0 Å². The van der Waals surface area contributed by atoms with Crippen LogP contribution < -0.4 is 0 Å². The van der Waals surface area contributed by atoms with Gasteiger partial charge in [-0.05, 0) is 35.9 Å². The highest BCUT2D eigenvalue weighted by atomic mass is 32.1. The maximum absolute atomic E-state index is 13.0. The quantitative estimate of drug-likeness (QED) is 0.586. The Labute approximate surface area is 165 Å². The van der Waals surface area contributed by atoms with Crippen LogP contribution in [0, 0.1) is 6.92 Å². The van der Waals surface area contributed by atoms with Crippen LogP contribution in [0.1, 0.15) is 29.3 Å². The number of carbonyl (C=O) groups is 2.